The molecule has 5 heteroatoms. The summed E-state index contributed by atoms with van der Waals surface area (Å²) >= 11 is 0. The van der Waals surface area contributed by atoms with Crippen LogP contribution in [0, 0.1) is 13.8 Å². The third-order valence-corrected chi connectivity index (χ3v) is 3.72. The highest BCUT2D eigenvalue weighted by Crippen LogP contribution is 2.16. The normalized spacial score (nSPS) is 10.1. The fraction of sp³-hybridized carbons (Fsp3) is 0.263. The number of amides is 3. The average molecular weight is 325 g/mol. The molecule has 0 unspecified atom stereocenters. The molecule has 0 aromatic heterocycles. The van der Waals surface area contributed by atoms with Crippen molar-refractivity contribution in [2.45, 2.75) is 20.8 Å². The number of urea groups is 1. The van der Waals surface area contributed by atoms with Gasteiger partial charge < -0.3 is 10.2 Å². The average Bonchev–Trinajstić information content (AvgIpc) is 2.56. The third kappa shape index (κ3) is 4.84. The van der Waals surface area contributed by atoms with E-state index < -0.39 is 6.03 Å². The molecule has 2 aromatic carbocycles. The first kappa shape index (κ1) is 17.5. The maximum atomic E-state index is 12.1. The molecular weight excluding hydrogens is 302 g/mol. The number of carbonyl (C=O) groups is 2. The second kappa shape index (κ2) is 8.15. The van der Waals surface area contributed by atoms with Crippen molar-refractivity contribution >= 4 is 23.3 Å². The van der Waals surface area contributed by atoms with E-state index in [0.29, 0.717) is 12.2 Å². The molecule has 0 bridgehead atoms. The van der Waals surface area contributed by atoms with Gasteiger partial charge in [0.1, 0.15) is 0 Å². The second-order valence-electron chi connectivity index (χ2n) is 5.67. The van der Waals surface area contributed by atoms with Crippen LogP contribution < -0.4 is 15.5 Å². The first-order valence-corrected chi connectivity index (χ1v) is 7.97. The SMILES string of the molecule is CCN(CC(=O)NC(=O)Nc1ccc(C)cc1C)c1ccccc1. The Hall–Kier alpha value is -2.82. The molecule has 126 valence electrons. The van der Waals surface area contributed by atoms with E-state index in [1.807, 2.05) is 74.2 Å². The lowest BCUT2D eigenvalue weighted by Gasteiger charge is -2.22. The number of likely N-dealkylation sites (N-methyl/N-ethyl adjacent to an activating group) is 1. The molecule has 2 aromatic rings. The van der Waals surface area contributed by atoms with Crippen LogP contribution in [0.3, 0.4) is 0 Å². The van der Waals surface area contributed by atoms with Crippen LogP contribution in [0.15, 0.2) is 48.5 Å². The van der Waals surface area contributed by atoms with Crippen LogP contribution in [-0.4, -0.2) is 25.0 Å². The number of rotatable bonds is 5. The number of benzene rings is 2. The van der Waals surface area contributed by atoms with Crippen molar-refractivity contribution in [2.75, 3.05) is 23.3 Å². The van der Waals surface area contributed by atoms with Gasteiger partial charge in [-0.05, 0) is 44.5 Å². The van der Waals surface area contributed by atoms with Gasteiger partial charge in [-0.15, -0.1) is 0 Å². The van der Waals surface area contributed by atoms with E-state index >= 15 is 0 Å². The number of hydrogen-bond donors (Lipinski definition) is 2. The lowest BCUT2D eigenvalue weighted by molar-refractivity contribution is -0.118. The minimum atomic E-state index is -0.518. The van der Waals surface area contributed by atoms with Crippen LogP contribution in [0.5, 0.6) is 0 Å². The summed E-state index contributed by atoms with van der Waals surface area (Å²) in [6.45, 7) is 6.68. The van der Waals surface area contributed by atoms with Gasteiger partial charge >= 0.3 is 6.03 Å². The summed E-state index contributed by atoms with van der Waals surface area (Å²) in [5.74, 6) is -0.344. The minimum Gasteiger partial charge on any atom is -0.362 e. The molecule has 24 heavy (non-hydrogen) atoms. The molecule has 3 amide bonds. The molecule has 0 radical (unpaired) electrons. The van der Waals surface area contributed by atoms with Crippen LogP contribution in [0.4, 0.5) is 16.2 Å². The Morgan fingerprint density at radius 2 is 1.75 bits per heavy atom. The van der Waals surface area contributed by atoms with Gasteiger partial charge in [-0.3, -0.25) is 10.1 Å². The van der Waals surface area contributed by atoms with E-state index in [9.17, 15) is 9.59 Å². The Morgan fingerprint density at radius 1 is 1.04 bits per heavy atom. The van der Waals surface area contributed by atoms with Crippen LogP contribution in [0.2, 0.25) is 0 Å². The molecule has 0 heterocycles. The first-order valence-electron chi connectivity index (χ1n) is 7.97. The Bertz CT molecular complexity index is 714. The van der Waals surface area contributed by atoms with Crippen LogP contribution in [-0.2, 0) is 4.79 Å². The largest absolute Gasteiger partial charge is 0.362 e. The van der Waals surface area contributed by atoms with Crippen molar-refractivity contribution in [1.29, 1.82) is 0 Å². The van der Waals surface area contributed by atoms with Crippen LogP contribution in [0.25, 0.3) is 0 Å². The van der Waals surface area contributed by atoms with E-state index in [1.165, 1.54) is 0 Å². The van der Waals surface area contributed by atoms with E-state index in [4.69, 9.17) is 0 Å². The highest BCUT2D eigenvalue weighted by Gasteiger charge is 2.13. The summed E-state index contributed by atoms with van der Waals surface area (Å²) in [5, 5.41) is 5.08. The second-order valence-corrected chi connectivity index (χ2v) is 5.67. The quantitative estimate of drug-likeness (QED) is 0.885. The van der Waals surface area contributed by atoms with E-state index in [-0.39, 0.29) is 12.5 Å². The molecule has 0 spiro atoms. The molecule has 0 saturated heterocycles. The highest BCUT2D eigenvalue weighted by atomic mass is 16.2. The monoisotopic (exact) mass is 325 g/mol. The van der Waals surface area contributed by atoms with Gasteiger partial charge in [-0.2, -0.15) is 0 Å². The van der Waals surface area contributed by atoms with Gasteiger partial charge in [0, 0.05) is 17.9 Å². The smallest absolute Gasteiger partial charge is 0.325 e. The van der Waals surface area contributed by atoms with Gasteiger partial charge in [0.2, 0.25) is 5.91 Å². The number of nitrogens with zero attached hydrogens (tertiary/aromatic N) is 1. The molecule has 5 nitrogen and oxygen atoms in total. The number of hydrogen-bond acceptors (Lipinski definition) is 3. The predicted octanol–water partition coefficient (Wildman–Crippen LogP) is 3.48. The third-order valence-electron chi connectivity index (χ3n) is 3.72. The predicted molar refractivity (Wildman–Crippen MR) is 97.4 cm³/mol. The number of para-hydroxylation sites is 1. The van der Waals surface area contributed by atoms with Crippen molar-refractivity contribution in [3.8, 4) is 0 Å². The number of nitrogens with one attached hydrogen (secondary N) is 2. The number of imide groups is 1. The maximum absolute atomic E-state index is 12.1. The molecular formula is C19H23N3O2. The van der Waals surface area contributed by atoms with Crippen LogP contribution >= 0.6 is 0 Å². The minimum absolute atomic E-state index is 0.126. The van der Waals surface area contributed by atoms with Crippen molar-refractivity contribution in [3.05, 3.63) is 59.7 Å². The lowest BCUT2D eigenvalue weighted by Crippen LogP contribution is -2.42. The van der Waals surface area contributed by atoms with Gasteiger partial charge in [0.15, 0.2) is 0 Å². The Labute approximate surface area is 142 Å². The van der Waals surface area contributed by atoms with Gasteiger partial charge in [-0.1, -0.05) is 35.9 Å². The number of aryl methyl sites for hydroxylation is 2. The Morgan fingerprint density at radius 3 is 2.38 bits per heavy atom. The van der Waals surface area contributed by atoms with Crippen molar-refractivity contribution in [2.24, 2.45) is 0 Å². The standard InChI is InChI=1S/C19H23N3O2/c1-4-22(16-8-6-5-7-9-16)13-18(23)21-19(24)20-17-11-10-14(2)12-15(17)3/h5-12H,4,13H2,1-3H3,(H2,20,21,23,24). The first-order chi connectivity index (χ1) is 11.5. The molecule has 2 rings (SSSR count). The van der Waals surface area contributed by atoms with Crippen LogP contribution in [0.1, 0.15) is 18.1 Å². The molecule has 0 aliphatic rings. The Balaban J connectivity index is 1.92. The zero-order chi connectivity index (χ0) is 17.5. The summed E-state index contributed by atoms with van der Waals surface area (Å²) in [6.07, 6.45) is 0. The summed E-state index contributed by atoms with van der Waals surface area (Å²) in [5.41, 5.74) is 3.72. The number of carbonyl (C=O) groups excluding carboxylic acids is 2. The molecule has 0 fully saturated rings. The van der Waals surface area contributed by atoms with Crippen molar-refractivity contribution in [3.63, 3.8) is 0 Å². The molecule has 0 saturated carbocycles. The fourth-order valence-electron chi connectivity index (χ4n) is 2.47. The summed E-state index contributed by atoms with van der Waals surface area (Å²) < 4.78 is 0. The molecule has 0 atom stereocenters. The zero-order valence-electron chi connectivity index (χ0n) is 14.3. The highest BCUT2D eigenvalue weighted by molar-refractivity contribution is 6.02. The van der Waals surface area contributed by atoms with Gasteiger partial charge in [0.05, 0.1) is 6.54 Å². The Kier molecular flexibility index (Phi) is 5.95. The maximum Gasteiger partial charge on any atom is 0.325 e. The molecule has 0 aliphatic carbocycles. The topological polar surface area (TPSA) is 61.4 Å². The van der Waals surface area contributed by atoms with Gasteiger partial charge in [0.25, 0.3) is 0 Å². The fourth-order valence-corrected chi connectivity index (χ4v) is 2.47. The summed E-state index contributed by atoms with van der Waals surface area (Å²) in [4.78, 5) is 26.0. The van der Waals surface area contributed by atoms with Crippen molar-refractivity contribution < 1.29 is 9.59 Å². The summed E-state index contributed by atoms with van der Waals surface area (Å²) in [7, 11) is 0. The van der Waals surface area contributed by atoms with Gasteiger partial charge in [-0.25, -0.2) is 4.79 Å². The van der Waals surface area contributed by atoms with E-state index in [1.54, 1.807) is 0 Å². The number of anilines is 2. The molecule has 2 N–H and O–H groups in total. The van der Waals surface area contributed by atoms with E-state index in [0.717, 1.165) is 16.8 Å². The van der Waals surface area contributed by atoms with Crippen molar-refractivity contribution in [1.82, 2.24) is 5.32 Å². The lowest BCUT2D eigenvalue weighted by atomic mass is 10.1. The zero-order valence-corrected chi connectivity index (χ0v) is 14.3. The van der Waals surface area contributed by atoms with E-state index in [2.05, 4.69) is 10.6 Å². The summed E-state index contributed by atoms with van der Waals surface area (Å²) in [6, 6.07) is 14.8. The molecule has 0 aliphatic heterocycles.